The van der Waals surface area contributed by atoms with Crippen LogP contribution >= 0.6 is 0 Å². The Morgan fingerprint density at radius 2 is 1.23 bits per heavy atom. The summed E-state index contributed by atoms with van der Waals surface area (Å²) in [5.74, 6) is -1.20. The second-order valence-electron chi connectivity index (χ2n) is 9.65. The summed E-state index contributed by atoms with van der Waals surface area (Å²) in [6.07, 6.45) is 16.9. The Morgan fingerprint density at radius 3 is 1.65 bits per heavy atom. The first-order chi connectivity index (χ1) is 14.7. The van der Waals surface area contributed by atoms with Crippen molar-refractivity contribution >= 4 is 17.8 Å². The first-order valence-corrected chi connectivity index (χ1v) is 12.5. The van der Waals surface area contributed by atoms with E-state index < -0.39 is 23.5 Å². The van der Waals surface area contributed by atoms with Gasteiger partial charge in [-0.05, 0) is 33.6 Å². The normalized spacial score (nSPS) is 12.4. The maximum atomic E-state index is 12.3. The third-order valence-electron chi connectivity index (χ3n) is 5.21. The van der Waals surface area contributed by atoms with E-state index >= 15 is 0 Å². The number of hydrogen-bond acceptors (Lipinski definition) is 4. The highest BCUT2D eigenvalue weighted by molar-refractivity contribution is 5.85. The molecule has 0 bridgehead atoms. The Morgan fingerprint density at radius 1 is 0.774 bits per heavy atom. The van der Waals surface area contributed by atoms with E-state index in [1.165, 1.54) is 64.2 Å². The van der Waals surface area contributed by atoms with Crippen molar-refractivity contribution < 1.29 is 19.1 Å². The molecule has 2 amide bonds. The summed E-state index contributed by atoms with van der Waals surface area (Å²) in [5, 5.41) is 2.72. The fourth-order valence-electron chi connectivity index (χ4n) is 3.48. The van der Waals surface area contributed by atoms with Gasteiger partial charge in [-0.25, -0.2) is 4.79 Å². The summed E-state index contributed by atoms with van der Waals surface area (Å²) in [7, 11) is 0. The summed E-state index contributed by atoms with van der Waals surface area (Å²) in [4.78, 5) is 35.6. The zero-order valence-corrected chi connectivity index (χ0v) is 20.6. The van der Waals surface area contributed by atoms with Crippen LogP contribution in [0.2, 0.25) is 0 Å². The molecule has 0 aliphatic rings. The van der Waals surface area contributed by atoms with E-state index in [1.807, 2.05) is 0 Å². The number of carbonyl (C=O) groups is 3. The van der Waals surface area contributed by atoms with Crippen LogP contribution in [0.5, 0.6) is 0 Å². The molecule has 182 valence electrons. The van der Waals surface area contributed by atoms with Gasteiger partial charge in [0, 0.05) is 12.8 Å². The van der Waals surface area contributed by atoms with E-state index in [0.29, 0.717) is 6.42 Å². The molecule has 0 fully saturated rings. The van der Waals surface area contributed by atoms with Gasteiger partial charge in [-0.2, -0.15) is 0 Å². The van der Waals surface area contributed by atoms with Crippen LogP contribution in [0.15, 0.2) is 0 Å². The summed E-state index contributed by atoms with van der Waals surface area (Å²) >= 11 is 0. The molecule has 0 saturated carbocycles. The van der Waals surface area contributed by atoms with Gasteiger partial charge in [-0.15, -0.1) is 0 Å². The molecular formula is C25H48N2O4. The molecule has 0 aliphatic heterocycles. The van der Waals surface area contributed by atoms with Crippen molar-refractivity contribution in [1.82, 2.24) is 5.32 Å². The SMILES string of the molecule is CCCCCCCCCCCCCCCC(=O)N[C@@H](CCC(N)=O)C(=O)OC(C)(C)C. The first kappa shape index (κ1) is 29.4. The van der Waals surface area contributed by atoms with E-state index in [-0.39, 0.29) is 18.7 Å². The molecule has 1 atom stereocenters. The Balaban J connectivity index is 3.89. The van der Waals surface area contributed by atoms with E-state index in [0.717, 1.165) is 19.3 Å². The molecule has 0 aliphatic carbocycles. The second kappa shape index (κ2) is 18.0. The maximum absolute atomic E-state index is 12.3. The van der Waals surface area contributed by atoms with Gasteiger partial charge in [-0.3, -0.25) is 9.59 Å². The fraction of sp³-hybridized carbons (Fsp3) is 0.880. The summed E-state index contributed by atoms with van der Waals surface area (Å²) in [5.41, 5.74) is 4.53. The van der Waals surface area contributed by atoms with Gasteiger partial charge in [0.25, 0.3) is 0 Å². The predicted molar refractivity (Wildman–Crippen MR) is 127 cm³/mol. The topological polar surface area (TPSA) is 98.5 Å². The van der Waals surface area contributed by atoms with E-state index in [2.05, 4.69) is 12.2 Å². The van der Waals surface area contributed by atoms with Crippen LogP contribution in [0.4, 0.5) is 0 Å². The number of nitrogens with two attached hydrogens (primary N) is 1. The number of amides is 2. The minimum Gasteiger partial charge on any atom is -0.458 e. The van der Waals surface area contributed by atoms with Gasteiger partial charge in [0.1, 0.15) is 11.6 Å². The number of hydrogen-bond donors (Lipinski definition) is 2. The van der Waals surface area contributed by atoms with E-state index in [1.54, 1.807) is 20.8 Å². The van der Waals surface area contributed by atoms with Gasteiger partial charge in [-0.1, -0.05) is 84.0 Å². The fourth-order valence-corrected chi connectivity index (χ4v) is 3.48. The minimum absolute atomic E-state index is 0.0307. The maximum Gasteiger partial charge on any atom is 0.329 e. The zero-order chi connectivity index (χ0) is 23.5. The number of ether oxygens (including phenoxy) is 1. The number of carbonyl (C=O) groups excluding carboxylic acids is 3. The highest BCUT2D eigenvalue weighted by atomic mass is 16.6. The number of rotatable bonds is 19. The molecule has 0 aromatic rings. The van der Waals surface area contributed by atoms with Crippen LogP contribution < -0.4 is 11.1 Å². The monoisotopic (exact) mass is 440 g/mol. The Hall–Kier alpha value is -1.59. The quantitative estimate of drug-likeness (QED) is 0.203. The molecule has 0 saturated heterocycles. The Kier molecular flexibility index (Phi) is 17.1. The zero-order valence-electron chi connectivity index (χ0n) is 20.6. The van der Waals surface area contributed by atoms with Gasteiger partial charge < -0.3 is 15.8 Å². The molecule has 0 aromatic carbocycles. The van der Waals surface area contributed by atoms with Crippen LogP contribution in [0, 0.1) is 0 Å². The standard InChI is InChI=1S/C25H48N2O4/c1-5-6-7-8-9-10-11-12-13-14-15-16-17-18-23(29)27-21(19-20-22(26)28)24(30)31-25(2,3)4/h21H,5-20H2,1-4H3,(H2,26,28)(H,27,29)/t21-/m0/s1. The molecule has 6 nitrogen and oxygen atoms in total. The lowest BCUT2D eigenvalue weighted by atomic mass is 10.0. The Labute approximate surface area is 190 Å². The van der Waals surface area contributed by atoms with Crippen molar-refractivity contribution in [2.75, 3.05) is 0 Å². The third-order valence-corrected chi connectivity index (χ3v) is 5.21. The summed E-state index contributed by atoms with van der Waals surface area (Å²) in [6, 6.07) is -0.832. The molecule has 0 spiro atoms. The van der Waals surface area contributed by atoms with Crippen molar-refractivity contribution in [1.29, 1.82) is 0 Å². The molecule has 6 heteroatoms. The van der Waals surface area contributed by atoms with Crippen molar-refractivity contribution in [2.45, 2.75) is 142 Å². The van der Waals surface area contributed by atoms with Crippen molar-refractivity contribution in [3.05, 3.63) is 0 Å². The van der Waals surface area contributed by atoms with Crippen molar-refractivity contribution in [3.63, 3.8) is 0 Å². The van der Waals surface area contributed by atoms with E-state index in [9.17, 15) is 14.4 Å². The average molecular weight is 441 g/mol. The largest absolute Gasteiger partial charge is 0.458 e. The van der Waals surface area contributed by atoms with Gasteiger partial charge in [0.15, 0.2) is 0 Å². The third kappa shape index (κ3) is 20.1. The molecule has 0 unspecified atom stereocenters. The molecule has 31 heavy (non-hydrogen) atoms. The molecular weight excluding hydrogens is 392 g/mol. The highest BCUT2D eigenvalue weighted by Gasteiger charge is 2.26. The lowest BCUT2D eigenvalue weighted by molar-refractivity contribution is -0.158. The summed E-state index contributed by atoms with van der Waals surface area (Å²) in [6.45, 7) is 7.56. The highest BCUT2D eigenvalue weighted by Crippen LogP contribution is 2.14. The predicted octanol–water partition coefficient (Wildman–Crippen LogP) is 5.56. The smallest absolute Gasteiger partial charge is 0.329 e. The van der Waals surface area contributed by atoms with Gasteiger partial charge in [0.05, 0.1) is 0 Å². The molecule has 0 rings (SSSR count). The van der Waals surface area contributed by atoms with Crippen molar-refractivity contribution in [2.24, 2.45) is 5.73 Å². The molecule has 0 heterocycles. The molecule has 0 aromatic heterocycles. The van der Waals surface area contributed by atoms with Crippen LogP contribution in [-0.4, -0.2) is 29.4 Å². The van der Waals surface area contributed by atoms with Crippen LogP contribution in [0.25, 0.3) is 0 Å². The van der Waals surface area contributed by atoms with Crippen LogP contribution in [0.1, 0.15) is 130 Å². The number of unbranched alkanes of at least 4 members (excludes halogenated alkanes) is 12. The van der Waals surface area contributed by atoms with Crippen molar-refractivity contribution in [3.8, 4) is 0 Å². The minimum atomic E-state index is -0.832. The van der Waals surface area contributed by atoms with Gasteiger partial charge >= 0.3 is 5.97 Å². The second-order valence-corrected chi connectivity index (χ2v) is 9.65. The molecule has 3 N–H and O–H groups in total. The number of esters is 1. The lowest BCUT2D eigenvalue weighted by Gasteiger charge is -2.24. The van der Waals surface area contributed by atoms with Gasteiger partial charge in [0.2, 0.25) is 11.8 Å². The average Bonchev–Trinajstić information content (AvgIpc) is 2.67. The van der Waals surface area contributed by atoms with Crippen LogP contribution in [0.3, 0.4) is 0 Å². The molecule has 0 radical (unpaired) electrons. The number of primary amides is 1. The lowest BCUT2D eigenvalue weighted by Crippen LogP contribution is -2.44. The number of nitrogens with one attached hydrogen (secondary N) is 1. The van der Waals surface area contributed by atoms with E-state index in [4.69, 9.17) is 10.5 Å². The Bertz CT molecular complexity index is 500. The first-order valence-electron chi connectivity index (χ1n) is 12.5. The van der Waals surface area contributed by atoms with Crippen LogP contribution in [-0.2, 0) is 19.1 Å². The summed E-state index contributed by atoms with van der Waals surface area (Å²) < 4.78 is 5.35.